The van der Waals surface area contributed by atoms with Crippen LogP contribution in [0.2, 0.25) is 0 Å². The smallest absolute Gasteiger partial charge is 0.337 e. The number of morpholine rings is 1. The molecule has 4 rings (SSSR count). The van der Waals surface area contributed by atoms with Crippen molar-refractivity contribution in [3.63, 3.8) is 0 Å². The minimum absolute atomic E-state index is 0.0847. The standard InChI is InChI=1S/C21H25N3O5/c1-13-17(19(25)23-9-11-29-12-10-23)18(22-21(27)24(13)16-7-8-16)14-3-5-15(6-4-14)20(26)28-2/h3-6,16,18H,7-12H2,1-2H3,(H,22,27). The monoisotopic (exact) mass is 399 g/mol. The number of methoxy groups -OCH3 is 1. The van der Waals surface area contributed by atoms with E-state index in [4.69, 9.17) is 9.47 Å². The molecule has 8 heteroatoms. The number of urea groups is 1. The van der Waals surface area contributed by atoms with Gasteiger partial charge in [-0.2, -0.15) is 0 Å². The van der Waals surface area contributed by atoms with Crippen molar-refractivity contribution in [2.24, 2.45) is 0 Å². The van der Waals surface area contributed by atoms with Gasteiger partial charge in [0.2, 0.25) is 0 Å². The van der Waals surface area contributed by atoms with Gasteiger partial charge in [-0.15, -0.1) is 0 Å². The molecule has 1 aromatic carbocycles. The van der Waals surface area contributed by atoms with E-state index in [-0.39, 0.29) is 18.0 Å². The van der Waals surface area contributed by atoms with Gasteiger partial charge >= 0.3 is 12.0 Å². The number of carbonyl (C=O) groups is 3. The predicted molar refractivity (Wildman–Crippen MR) is 104 cm³/mol. The van der Waals surface area contributed by atoms with Crippen LogP contribution in [0, 0.1) is 0 Å². The van der Waals surface area contributed by atoms with Crippen molar-refractivity contribution in [3.8, 4) is 0 Å². The van der Waals surface area contributed by atoms with Gasteiger partial charge in [-0.25, -0.2) is 9.59 Å². The highest BCUT2D eigenvalue weighted by Gasteiger charge is 2.43. The fourth-order valence-electron chi connectivity index (χ4n) is 3.92. The Balaban J connectivity index is 1.71. The zero-order chi connectivity index (χ0) is 20.5. The molecule has 3 aliphatic rings. The maximum Gasteiger partial charge on any atom is 0.337 e. The second kappa shape index (κ2) is 7.87. The van der Waals surface area contributed by atoms with Crippen molar-refractivity contribution < 1.29 is 23.9 Å². The average molecular weight is 399 g/mol. The molecule has 1 N–H and O–H groups in total. The van der Waals surface area contributed by atoms with Crippen LogP contribution in [0.15, 0.2) is 35.5 Å². The van der Waals surface area contributed by atoms with E-state index in [0.717, 1.165) is 18.4 Å². The lowest BCUT2D eigenvalue weighted by atomic mass is 9.93. The summed E-state index contributed by atoms with van der Waals surface area (Å²) < 4.78 is 10.1. The Kier molecular flexibility index (Phi) is 5.27. The van der Waals surface area contributed by atoms with E-state index in [9.17, 15) is 14.4 Å². The highest BCUT2D eigenvalue weighted by atomic mass is 16.5. The van der Waals surface area contributed by atoms with Gasteiger partial charge in [0.25, 0.3) is 5.91 Å². The molecule has 1 atom stereocenters. The molecule has 0 radical (unpaired) electrons. The SMILES string of the molecule is COC(=O)c1ccc(C2NC(=O)N(C3CC3)C(C)=C2C(=O)N2CCOCC2)cc1. The number of rotatable bonds is 4. The van der Waals surface area contributed by atoms with Crippen LogP contribution in [0.1, 0.15) is 41.7 Å². The number of ether oxygens (including phenoxy) is 2. The molecular formula is C21H25N3O5. The van der Waals surface area contributed by atoms with E-state index < -0.39 is 12.0 Å². The summed E-state index contributed by atoms with van der Waals surface area (Å²) >= 11 is 0. The molecule has 1 aromatic rings. The number of amides is 3. The molecular weight excluding hydrogens is 374 g/mol. The first-order chi connectivity index (χ1) is 14.0. The number of nitrogens with zero attached hydrogens (tertiary/aromatic N) is 2. The van der Waals surface area contributed by atoms with Gasteiger partial charge in [0.15, 0.2) is 0 Å². The molecule has 0 spiro atoms. The summed E-state index contributed by atoms with van der Waals surface area (Å²) in [6.45, 7) is 3.92. The van der Waals surface area contributed by atoms with Crippen molar-refractivity contribution >= 4 is 17.9 Å². The van der Waals surface area contributed by atoms with Crippen molar-refractivity contribution in [1.29, 1.82) is 0 Å². The molecule has 154 valence electrons. The first-order valence-electron chi connectivity index (χ1n) is 9.87. The van der Waals surface area contributed by atoms with Gasteiger partial charge in [-0.05, 0) is 37.5 Å². The van der Waals surface area contributed by atoms with E-state index in [1.165, 1.54) is 7.11 Å². The molecule has 0 aromatic heterocycles. The third-order valence-corrected chi connectivity index (χ3v) is 5.63. The summed E-state index contributed by atoms with van der Waals surface area (Å²) in [5, 5.41) is 3.00. The lowest BCUT2D eigenvalue weighted by Gasteiger charge is -2.38. The van der Waals surface area contributed by atoms with Gasteiger partial charge in [0, 0.05) is 24.8 Å². The number of carbonyl (C=O) groups excluding carboxylic acids is 3. The van der Waals surface area contributed by atoms with Crippen molar-refractivity contribution in [2.75, 3.05) is 33.4 Å². The van der Waals surface area contributed by atoms with Crippen LogP contribution in [-0.2, 0) is 14.3 Å². The van der Waals surface area contributed by atoms with Gasteiger partial charge in [0.1, 0.15) is 0 Å². The number of allylic oxidation sites excluding steroid dienone is 1. The van der Waals surface area contributed by atoms with Gasteiger partial charge in [-0.1, -0.05) is 12.1 Å². The zero-order valence-corrected chi connectivity index (χ0v) is 16.6. The Morgan fingerprint density at radius 3 is 2.38 bits per heavy atom. The molecule has 2 fully saturated rings. The lowest BCUT2D eigenvalue weighted by Crippen LogP contribution is -2.51. The number of esters is 1. The molecule has 1 unspecified atom stereocenters. The van der Waals surface area contributed by atoms with E-state index in [1.54, 1.807) is 34.1 Å². The summed E-state index contributed by atoms with van der Waals surface area (Å²) in [5.74, 6) is -0.515. The van der Waals surface area contributed by atoms with E-state index in [2.05, 4.69) is 5.32 Å². The molecule has 29 heavy (non-hydrogen) atoms. The summed E-state index contributed by atoms with van der Waals surface area (Å²) in [6.07, 6.45) is 1.89. The third-order valence-electron chi connectivity index (χ3n) is 5.63. The van der Waals surface area contributed by atoms with Crippen molar-refractivity contribution in [2.45, 2.75) is 31.8 Å². The van der Waals surface area contributed by atoms with E-state index in [1.807, 2.05) is 6.92 Å². The number of hydrogen-bond acceptors (Lipinski definition) is 5. The highest BCUT2D eigenvalue weighted by Crippen LogP contribution is 2.38. The van der Waals surface area contributed by atoms with Crippen molar-refractivity contribution in [1.82, 2.24) is 15.1 Å². The highest BCUT2D eigenvalue weighted by molar-refractivity contribution is 5.99. The maximum atomic E-state index is 13.4. The van der Waals surface area contributed by atoms with Crippen LogP contribution in [0.4, 0.5) is 4.79 Å². The van der Waals surface area contributed by atoms with Crippen molar-refractivity contribution in [3.05, 3.63) is 46.7 Å². The lowest BCUT2D eigenvalue weighted by molar-refractivity contribution is -0.131. The van der Waals surface area contributed by atoms with Crippen LogP contribution in [0.3, 0.4) is 0 Å². The Labute approximate surface area is 169 Å². The quantitative estimate of drug-likeness (QED) is 0.781. The van der Waals surface area contributed by atoms with Crippen LogP contribution in [-0.4, -0.2) is 67.2 Å². The van der Waals surface area contributed by atoms with Gasteiger partial charge in [0.05, 0.1) is 37.5 Å². The minimum atomic E-state index is -0.570. The molecule has 3 amide bonds. The number of nitrogens with one attached hydrogen (secondary N) is 1. The summed E-state index contributed by atoms with van der Waals surface area (Å²) in [7, 11) is 1.33. The molecule has 2 heterocycles. The number of benzene rings is 1. The zero-order valence-electron chi connectivity index (χ0n) is 16.6. The fourth-order valence-corrected chi connectivity index (χ4v) is 3.92. The topological polar surface area (TPSA) is 88.2 Å². The Morgan fingerprint density at radius 2 is 1.79 bits per heavy atom. The average Bonchev–Trinajstić information content (AvgIpc) is 3.58. The molecule has 0 bridgehead atoms. The first-order valence-corrected chi connectivity index (χ1v) is 9.87. The largest absolute Gasteiger partial charge is 0.465 e. The molecule has 1 saturated carbocycles. The first kappa shape index (κ1) is 19.4. The second-order valence-electron chi connectivity index (χ2n) is 7.50. The van der Waals surface area contributed by atoms with E-state index >= 15 is 0 Å². The summed E-state index contributed by atoms with van der Waals surface area (Å²) in [5.41, 5.74) is 2.44. The number of hydrogen-bond donors (Lipinski definition) is 1. The Hall–Kier alpha value is -2.87. The van der Waals surface area contributed by atoms with Crippen LogP contribution >= 0.6 is 0 Å². The summed E-state index contributed by atoms with van der Waals surface area (Å²) in [6, 6.07) is 6.20. The predicted octanol–water partition coefficient (Wildman–Crippen LogP) is 1.83. The Morgan fingerprint density at radius 1 is 1.14 bits per heavy atom. The molecule has 8 nitrogen and oxygen atoms in total. The second-order valence-corrected chi connectivity index (χ2v) is 7.50. The Bertz CT molecular complexity index is 854. The van der Waals surface area contributed by atoms with Crippen LogP contribution in [0.25, 0.3) is 0 Å². The van der Waals surface area contributed by atoms with Gasteiger partial charge < -0.3 is 19.7 Å². The third kappa shape index (κ3) is 3.72. The fraction of sp³-hybridized carbons (Fsp3) is 0.476. The van der Waals surface area contributed by atoms with Crippen LogP contribution < -0.4 is 5.32 Å². The van der Waals surface area contributed by atoms with E-state index in [0.29, 0.717) is 43.1 Å². The normalized spacial score (nSPS) is 22.4. The molecule has 2 aliphatic heterocycles. The van der Waals surface area contributed by atoms with Gasteiger partial charge in [-0.3, -0.25) is 9.69 Å². The molecule has 1 aliphatic carbocycles. The minimum Gasteiger partial charge on any atom is -0.465 e. The summed E-state index contributed by atoms with van der Waals surface area (Å²) in [4.78, 5) is 41.4. The maximum absolute atomic E-state index is 13.4. The van der Waals surface area contributed by atoms with Crippen LogP contribution in [0.5, 0.6) is 0 Å². The molecule has 1 saturated heterocycles.